The molecule has 8 nitrogen and oxygen atoms in total. The number of H-pyrrole nitrogens is 1. The summed E-state index contributed by atoms with van der Waals surface area (Å²) in [6, 6.07) is 13.6. The molecule has 4 heterocycles. The summed E-state index contributed by atoms with van der Waals surface area (Å²) < 4.78 is 1.85. The van der Waals surface area contributed by atoms with Gasteiger partial charge in [0.25, 0.3) is 0 Å². The van der Waals surface area contributed by atoms with Crippen molar-refractivity contribution >= 4 is 11.0 Å². The molecule has 124 valence electrons. The highest BCUT2D eigenvalue weighted by Gasteiger charge is 2.09. The van der Waals surface area contributed by atoms with Gasteiger partial charge in [0.2, 0.25) is 0 Å². The van der Waals surface area contributed by atoms with Crippen LogP contribution >= 0.6 is 0 Å². The van der Waals surface area contributed by atoms with Gasteiger partial charge in [0, 0.05) is 18.0 Å². The summed E-state index contributed by atoms with van der Waals surface area (Å²) in [6.45, 7) is 0. The second kappa shape index (κ2) is 5.85. The Bertz CT molecular complexity index is 1190. The third-order valence-corrected chi connectivity index (χ3v) is 3.99. The van der Waals surface area contributed by atoms with Gasteiger partial charge in [-0.1, -0.05) is 35.5 Å². The number of pyridine rings is 1. The molecule has 0 spiro atoms. The Balaban J connectivity index is 1.52. The number of nitrogens with one attached hydrogen (secondary N) is 1. The molecule has 0 radical (unpaired) electrons. The SMILES string of the molecule is c1ccc(-c2nccc(-n3cnc(-c4cc5[nH]nnc5cn4)c3)n2)cc1. The van der Waals surface area contributed by atoms with Crippen LogP contribution in [-0.4, -0.2) is 39.9 Å². The topological polar surface area (TPSA) is 98.1 Å². The molecule has 5 aromatic rings. The summed E-state index contributed by atoms with van der Waals surface area (Å²) in [7, 11) is 0. The first-order chi connectivity index (χ1) is 12.9. The molecule has 8 heteroatoms. The first kappa shape index (κ1) is 14.4. The van der Waals surface area contributed by atoms with Crippen LogP contribution in [0.3, 0.4) is 0 Å². The number of benzene rings is 1. The van der Waals surface area contributed by atoms with Crippen molar-refractivity contribution in [2.45, 2.75) is 0 Å². The van der Waals surface area contributed by atoms with Crippen LogP contribution < -0.4 is 0 Å². The van der Waals surface area contributed by atoms with Crippen molar-refractivity contribution in [1.82, 2.24) is 39.9 Å². The number of hydrogen-bond acceptors (Lipinski definition) is 6. The fourth-order valence-electron chi connectivity index (χ4n) is 2.69. The fourth-order valence-corrected chi connectivity index (χ4v) is 2.69. The van der Waals surface area contributed by atoms with E-state index in [9.17, 15) is 0 Å². The highest BCUT2D eigenvalue weighted by Crippen LogP contribution is 2.20. The third kappa shape index (κ3) is 2.49. The van der Waals surface area contributed by atoms with Crippen molar-refractivity contribution in [1.29, 1.82) is 0 Å². The van der Waals surface area contributed by atoms with Crippen LogP contribution in [0.25, 0.3) is 39.6 Å². The molecule has 0 unspecified atom stereocenters. The zero-order valence-corrected chi connectivity index (χ0v) is 13.5. The van der Waals surface area contributed by atoms with Gasteiger partial charge in [-0.25, -0.2) is 15.0 Å². The van der Waals surface area contributed by atoms with E-state index < -0.39 is 0 Å². The Morgan fingerprint density at radius 3 is 2.77 bits per heavy atom. The van der Waals surface area contributed by atoms with Crippen LogP contribution in [0.15, 0.2) is 67.4 Å². The Hall–Kier alpha value is -3.94. The molecule has 0 saturated heterocycles. The lowest BCUT2D eigenvalue weighted by Crippen LogP contribution is -1.97. The minimum Gasteiger partial charge on any atom is -0.290 e. The number of aromatic amines is 1. The molecule has 0 aliphatic heterocycles. The molecule has 26 heavy (non-hydrogen) atoms. The highest BCUT2D eigenvalue weighted by molar-refractivity contribution is 5.76. The molecule has 5 rings (SSSR count). The molecule has 1 aromatic carbocycles. The van der Waals surface area contributed by atoms with Crippen molar-refractivity contribution in [2.24, 2.45) is 0 Å². The van der Waals surface area contributed by atoms with Crippen molar-refractivity contribution in [3.63, 3.8) is 0 Å². The lowest BCUT2D eigenvalue weighted by Gasteiger charge is -2.04. The van der Waals surface area contributed by atoms with Gasteiger partial charge in [-0.05, 0) is 12.1 Å². The molecule has 0 fully saturated rings. The summed E-state index contributed by atoms with van der Waals surface area (Å²) in [5.41, 5.74) is 3.98. The Kier molecular flexibility index (Phi) is 3.24. The summed E-state index contributed by atoms with van der Waals surface area (Å²) in [5, 5.41) is 10.5. The molecule has 0 aliphatic carbocycles. The number of hydrogen-bond donors (Lipinski definition) is 1. The van der Waals surface area contributed by atoms with E-state index in [0.717, 1.165) is 33.8 Å². The Morgan fingerprint density at radius 1 is 0.923 bits per heavy atom. The zero-order chi connectivity index (χ0) is 17.3. The molecule has 0 amide bonds. The lowest BCUT2D eigenvalue weighted by molar-refractivity contribution is 0.959. The number of fused-ring (bicyclic) bond motifs is 1. The molecular formula is C18H12N8. The molecule has 0 aliphatic rings. The molecular weight excluding hydrogens is 328 g/mol. The van der Waals surface area contributed by atoms with E-state index in [1.54, 1.807) is 18.7 Å². The number of aromatic nitrogens is 8. The van der Waals surface area contributed by atoms with Gasteiger partial charge >= 0.3 is 0 Å². The van der Waals surface area contributed by atoms with E-state index in [1.165, 1.54) is 0 Å². The number of nitrogens with zero attached hydrogens (tertiary/aromatic N) is 7. The second-order valence-electron chi connectivity index (χ2n) is 5.67. The van der Waals surface area contributed by atoms with Crippen LogP contribution in [0.5, 0.6) is 0 Å². The predicted octanol–water partition coefficient (Wildman–Crippen LogP) is 2.66. The highest BCUT2D eigenvalue weighted by atomic mass is 15.3. The maximum Gasteiger partial charge on any atom is 0.161 e. The summed E-state index contributed by atoms with van der Waals surface area (Å²) >= 11 is 0. The lowest BCUT2D eigenvalue weighted by atomic mass is 10.2. The Labute approximate surface area is 147 Å². The summed E-state index contributed by atoms with van der Waals surface area (Å²) in [4.78, 5) is 17.8. The van der Waals surface area contributed by atoms with Crippen molar-refractivity contribution in [2.75, 3.05) is 0 Å². The van der Waals surface area contributed by atoms with E-state index >= 15 is 0 Å². The zero-order valence-electron chi connectivity index (χ0n) is 13.5. The minimum atomic E-state index is 0.668. The number of rotatable bonds is 3. The summed E-state index contributed by atoms with van der Waals surface area (Å²) in [5.74, 6) is 1.41. The maximum absolute atomic E-state index is 4.63. The van der Waals surface area contributed by atoms with Gasteiger partial charge < -0.3 is 0 Å². The molecule has 0 atom stereocenters. The molecule has 1 N–H and O–H groups in total. The number of imidazole rings is 1. The first-order valence-electron chi connectivity index (χ1n) is 7.97. The van der Waals surface area contributed by atoms with E-state index in [1.807, 2.05) is 53.2 Å². The fraction of sp³-hybridized carbons (Fsp3) is 0. The van der Waals surface area contributed by atoms with Crippen LogP contribution in [0.4, 0.5) is 0 Å². The third-order valence-electron chi connectivity index (χ3n) is 3.99. The second-order valence-corrected chi connectivity index (χ2v) is 5.67. The average molecular weight is 340 g/mol. The predicted molar refractivity (Wildman–Crippen MR) is 95.3 cm³/mol. The first-order valence-corrected chi connectivity index (χ1v) is 7.97. The standard InChI is InChI=1S/C18H12N8/c1-2-4-12(5-3-1)18-19-7-6-17(22-18)26-10-16(21-11-26)13-8-14-15(9-20-13)24-25-23-14/h1-11H,(H,23,24,25). The van der Waals surface area contributed by atoms with Gasteiger partial charge in [0.15, 0.2) is 5.82 Å². The monoisotopic (exact) mass is 340 g/mol. The van der Waals surface area contributed by atoms with E-state index in [4.69, 9.17) is 0 Å². The van der Waals surface area contributed by atoms with Gasteiger partial charge in [-0.3, -0.25) is 14.6 Å². The van der Waals surface area contributed by atoms with Gasteiger partial charge in [-0.2, -0.15) is 0 Å². The van der Waals surface area contributed by atoms with E-state index in [0.29, 0.717) is 5.82 Å². The van der Waals surface area contributed by atoms with Crippen LogP contribution in [0.2, 0.25) is 0 Å². The summed E-state index contributed by atoms with van der Waals surface area (Å²) in [6.07, 6.45) is 7.01. The van der Waals surface area contributed by atoms with Gasteiger partial charge in [0.05, 0.1) is 17.4 Å². The smallest absolute Gasteiger partial charge is 0.161 e. The maximum atomic E-state index is 4.63. The van der Waals surface area contributed by atoms with Crippen molar-refractivity contribution < 1.29 is 0 Å². The van der Waals surface area contributed by atoms with Gasteiger partial charge in [-0.15, -0.1) is 5.10 Å². The van der Waals surface area contributed by atoms with Gasteiger partial charge in [0.1, 0.15) is 23.4 Å². The molecule has 0 bridgehead atoms. The quantitative estimate of drug-likeness (QED) is 0.542. The molecule has 4 aromatic heterocycles. The average Bonchev–Trinajstić information content (AvgIpc) is 3.38. The normalized spacial score (nSPS) is 11.1. The van der Waals surface area contributed by atoms with E-state index in [2.05, 4.69) is 35.3 Å². The van der Waals surface area contributed by atoms with Crippen molar-refractivity contribution in [3.05, 3.63) is 67.4 Å². The molecule has 0 saturated carbocycles. The van der Waals surface area contributed by atoms with E-state index in [-0.39, 0.29) is 0 Å². The largest absolute Gasteiger partial charge is 0.290 e. The van der Waals surface area contributed by atoms with Crippen LogP contribution in [0.1, 0.15) is 0 Å². The minimum absolute atomic E-state index is 0.668. The van der Waals surface area contributed by atoms with Crippen LogP contribution in [0, 0.1) is 0 Å². The van der Waals surface area contributed by atoms with Crippen molar-refractivity contribution in [3.8, 4) is 28.6 Å². The Morgan fingerprint density at radius 2 is 1.85 bits per heavy atom. The van der Waals surface area contributed by atoms with Crippen LogP contribution in [-0.2, 0) is 0 Å².